The van der Waals surface area contributed by atoms with Gasteiger partial charge in [-0.1, -0.05) is 0 Å². The van der Waals surface area contributed by atoms with Crippen molar-refractivity contribution in [3.8, 4) is 11.5 Å². The molecule has 1 aliphatic heterocycles. The van der Waals surface area contributed by atoms with Crippen LogP contribution in [0.5, 0.6) is 11.5 Å². The molecule has 0 bridgehead atoms. The van der Waals surface area contributed by atoms with Gasteiger partial charge < -0.3 is 17.0 Å². The van der Waals surface area contributed by atoms with Crippen LogP contribution in [0.4, 0.5) is 0 Å². The maximum absolute atomic E-state index is 11.5. The zero-order valence-electron chi connectivity index (χ0n) is 28.0. The SMILES string of the molecule is CC(C)(C)c1cc(C=[N+]2[Mn][N+](=Cc3cc(C(C)(C)C)cc(C(C)(C)C)c3O)[C@@H]3CCCC[C@H]32)c(O)c(C(C)(C)C)c1.[Br-]. The Morgan fingerprint density at radius 2 is 0.929 bits per heavy atom. The third-order valence-corrected chi connectivity index (χ3v) is 10.3. The molecule has 1 aliphatic carbocycles. The Morgan fingerprint density at radius 3 is 1.21 bits per heavy atom. The normalized spacial score (nSPS) is 21.9. The number of hydrogen-bond acceptors (Lipinski definition) is 2. The second-order valence-corrected chi connectivity index (χ2v) is 17.8. The van der Waals surface area contributed by atoms with Gasteiger partial charge in [-0.15, -0.1) is 0 Å². The second-order valence-electron chi connectivity index (χ2n) is 16.4. The molecule has 0 aromatic heterocycles. The van der Waals surface area contributed by atoms with Gasteiger partial charge in [0.25, 0.3) is 0 Å². The molecule has 1 saturated heterocycles. The number of phenols is 2. The van der Waals surface area contributed by atoms with Crippen molar-refractivity contribution in [3.05, 3.63) is 57.6 Å². The van der Waals surface area contributed by atoms with Crippen LogP contribution in [0.25, 0.3) is 0 Å². The average Bonchev–Trinajstić information content (AvgIpc) is 3.15. The van der Waals surface area contributed by atoms with E-state index in [1.54, 1.807) is 0 Å². The minimum absolute atomic E-state index is 0. The molecule has 2 N–H and O–H groups in total. The number of phenolic OH excluding ortho intramolecular Hbond substituents is 2. The van der Waals surface area contributed by atoms with Crippen molar-refractivity contribution in [2.45, 2.75) is 143 Å². The van der Waals surface area contributed by atoms with Crippen LogP contribution in [0.3, 0.4) is 0 Å². The quantitative estimate of drug-likeness (QED) is 0.435. The molecule has 0 spiro atoms. The van der Waals surface area contributed by atoms with Crippen LogP contribution < -0.4 is 17.0 Å². The third kappa shape index (κ3) is 7.36. The van der Waals surface area contributed by atoms with Crippen LogP contribution in [0.1, 0.15) is 142 Å². The Hall–Kier alpha value is -1.62. The van der Waals surface area contributed by atoms with E-state index in [0.717, 1.165) is 35.1 Å². The fraction of sp³-hybridized carbons (Fsp3) is 0.611. The number of fused-ring (bicyclic) bond motifs is 1. The van der Waals surface area contributed by atoms with Gasteiger partial charge >= 0.3 is 257 Å². The van der Waals surface area contributed by atoms with E-state index in [4.69, 9.17) is 0 Å². The maximum atomic E-state index is 11.5. The van der Waals surface area contributed by atoms with Gasteiger partial charge in [-0.2, -0.15) is 0 Å². The molecule has 4 nitrogen and oxygen atoms in total. The Morgan fingerprint density at radius 1 is 0.595 bits per heavy atom. The summed E-state index contributed by atoms with van der Waals surface area (Å²) in [6, 6.07) is 9.56. The first kappa shape index (κ1) is 34.9. The molecular formula is C36H54BrMnN2O2+. The minimum Gasteiger partial charge on any atom is -1.00 e. The van der Waals surface area contributed by atoms with Crippen molar-refractivity contribution < 1.29 is 49.8 Å². The van der Waals surface area contributed by atoms with E-state index in [9.17, 15) is 10.2 Å². The van der Waals surface area contributed by atoms with Gasteiger partial charge in [-0.05, 0) is 0 Å². The number of benzene rings is 2. The molecule has 0 radical (unpaired) electrons. The molecule has 1 saturated carbocycles. The first-order chi connectivity index (χ1) is 18.7. The molecule has 2 aliphatic rings. The molecule has 2 aromatic carbocycles. The van der Waals surface area contributed by atoms with Gasteiger partial charge in [-0.25, -0.2) is 0 Å². The molecule has 0 amide bonds. The number of aromatic hydroxyl groups is 2. The van der Waals surface area contributed by atoms with Crippen molar-refractivity contribution in [3.63, 3.8) is 0 Å². The van der Waals surface area contributed by atoms with Gasteiger partial charge in [0, 0.05) is 0 Å². The fourth-order valence-corrected chi connectivity index (χ4v) is 7.74. The van der Waals surface area contributed by atoms with Crippen LogP contribution in [-0.4, -0.2) is 41.9 Å². The number of rotatable bonds is 2. The summed E-state index contributed by atoms with van der Waals surface area (Å²) in [7, 11) is 0. The number of nitrogens with zero attached hydrogens (tertiary/aromatic N) is 2. The van der Waals surface area contributed by atoms with Crippen LogP contribution in [-0.2, 0) is 37.1 Å². The molecule has 4 rings (SSSR count). The van der Waals surface area contributed by atoms with E-state index >= 15 is 0 Å². The summed E-state index contributed by atoms with van der Waals surface area (Å²) in [5, 5.41) is 23.0. The Labute approximate surface area is 272 Å². The van der Waals surface area contributed by atoms with Crippen LogP contribution >= 0.6 is 0 Å². The van der Waals surface area contributed by atoms with Gasteiger partial charge in [0.2, 0.25) is 0 Å². The predicted octanol–water partition coefficient (Wildman–Crippen LogP) is 5.09. The Bertz CT molecular complexity index is 1280. The van der Waals surface area contributed by atoms with Crippen molar-refractivity contribution in [2.75, 3.05) is 0 Å². The van der Waals surface area contributed by atoms with E-state index in [1.807, 2.05) is 0 Å². The van der Waals surface area contributed by atoms with Crippen molar-refractivity contribution in [1.82, 2.24) is 0 Å². The predicted molar refractivity (Wildman–Crippen MR) is 168 cm³/mol. The molecular weight excluding hydrogens is 627 g/mol. The topological polar surface area (TPSA) is 46.5 Å². The molecule has 2 fully saturated rings. The number of hydrogen-bond donors (Lipinski definition) is 2. The molecule has 6 heteroatoms. The summed E-state index contributed by atoms with van der Waals surface area (Å²) in [5.74, 6) is 0.798. The van der Waals surface area contributed by atoms with E-state index in [1.165, 1.54) is 24.0 Å². The summed E-state index contributed by atoms with van der Waals surface area (Å²) in [6.45, 7) is 26.5. The molecule has 1 heterocycles. The summed E-state index contributed by atoms with van der Waals surface area (Å²) in [5.41, 5.74) is 5.97. The minimum atomic E-state index is -0.158. The van der Waals surface area contributed by atoms with Crippen molar-refractivity contribution >= 4 is 12.4 Å². The molecule has 233 valence electrons. The van der Waals surface area contributed by atoms with E-state index in [2.05, 4.69) is 127 Å². The summed E-state index contributed by atoms with van der Waals surface area (Å²) < 4.78 is 4.96. The average molecular weight is 682 g/mol. The van der Waals surface area contributed by atoms with E-state index in [-0.39, 0.29) is 38.6 Å². The van der Waals surface area contributed by atoms with Gasteiger partial charge in [0.15, 0.2) is 0 Å². The van der Waals surface area contributed by atoms with Gasteiger partial charge in [0.1, 0.15) is 0 Å². The molecule has 0 unspecified atom stereocenters. The number of halogens is 1. The van der Waals surface area contributed by atoms with Crippen LogP contribution in [0.2, 0.25) is 0 Å². The van der Waals surface area contributed by atoms with Crippen LogP contribution in [0.15, 0.2) is 24.3 Å². The first-order valence-electron chi connectivity index (χ1n) is 15.4. The van der Waals surface area contributed by atoms with E-state index in [0.29, 0.717) is 39.0 Å². The molecule has 2 aromatic rings. The zero-order valence-corrected chi connectivity index (χ0v) is 30.8. The Balaban J connectivity index is 0.00000484. The van der Waals surface area contributed by atoms with Crippen molar-refractivity contribution in [2.24, 2.45) is 0 Å². The first-order valence-corrected chi connectivity index (χ1v) is 16.4. The standard InChI is InChI=1S/C36H54N2O2.BrH.Mn/c1-33(2,3)25-17-23(31(39)27(19-25)35(7,8)9)21-37-29-15-13-14-16-30(29)38-22-24-18-26(34(4,5)6)20-28(32(24)40)36(10,11)12;;/h17-22,29-30,39-40H,13-16H2,1-12H3;1H;/q;;+2/p-1/t29-,30-;;/m1../s1. The smallest absolute Gasteiger partial charge is 1.00 e. The molecule has 42 heavy (non-hydrogen) atoms. The summed E-state index contributed by atoms with van der Waals surface area (Å²) in [6.07, 6.45) is 9.19. The van der Waals surface area contributed by atoms with E-state index < -0.39 is 0 Å². The molecule has 2 atom stereocenters. The van der Waals surface area contributed by atoms with Gasteiger partial charge in [0.05, 0.1) is 0 Å². The van der Waals surface area contributed by atoms with Gasteiger partial charge in [-0.3, -0.25) is 0 Å². The van der Waals surface area contributed by atoms with Crippen molar-refractivity contribution in [1.29, 1.82) is 0 Å². The zero-order chi connectivity index (χ0) is 30.7. The Kier molecular flexibility index (Phi) is 10.0. The second kappa shape index (κ2) is 12.1. The third-order valence-electron chi connectivity index (χ3n) is 8.65. The largest absolute Gasteiger partial charge is 1.00 e. The maximum Gasteiger partial charge on any atom is -1.00 e. The summed E-state index contributed by atoms with van der Waals surface area (Å²) in [4.78, 5) is 0. The van der Waals surface area contributed by atoms with Crippen LogP contribution in [0, 0.1) is 0 Å². The summed E-state index contributed by atoms with van der Waals surface area (Å²) >= 11 is 0.376. The monoisotopic (exact) mass is 680 g/mol. The fourth-order valence-electron chi connectivity index (χ4n) is 5.90.